The first-order valence-corrected chi connectivity index (χ1v) is 13.6. The normalized spacial score (nSPS) is 37.0. The van der Waals surface area contributed by atoms with Crippen molar-refractivity contribution in [2.45, 2.75) is 96.9 Å². The second kappa shape index (κ2) is 10.4. The minimum absolute atomic E-state index is 0.191. The molecule has 9 nitrogen and oxygen atoms in total. The number of carbonyl (C=O) groups excluding carboxylic acids is 3. The zero-order valence-electron chi connectivity index (χ0n) is 24.0. The molecule has 1 aromatic carbocycles. The third-order valence-corrected chi connectivity index (χ3v) is 9.49. The van der Waals surface area contributed by atoms with Gasteiger partial charge in [-0.25, -0.2) is 4.79 Å². The molecule has 2 fully saturated rings. The minimum Gasteiger partial charge on any atom is -0.458 e. The van der Waals surface area contributed by atoms with Gasteiger partial charge in [0.15, 0.2) is 6.10 Å². The second-order valence-electron chi connectivity index (χ2n) is 12.2. The number of carbonyl (C=O) groups is 3. The highest BCUT2D eigenvalue weighted by atomic mass is 16.6. The van der Waals surface area contributed by atoms with Crippen LogP contribution in [0.15, 0.2) is 53.6 Å². The Kier molecular flexibility index (Phi) is 7.81. The summed E-state index contributed by atoms with van der Waals surface area (Å²) in [6.45, 7) is 13.6. The molecule has 8 atom stereocenters. The Morgan fingerprint density at radius 1 is 0.925 bits per heavy atom. The second-order valence-corrected chi connectivity index (χ2v) is 12.2. The lowest BCUT2D eigenvalue weighted by atomic mass is 9.47. The van der Waals surface area contributed by atoms with Crippen LogP contribution in [0.5, 0.6) is 0 Å². The highest BCUT2D eigenvalue weighted by Gasteiger charge is 2.69. The lowest BCUT2D eigenvalue weighted by Crippen LogP contribution is -2.71. The molecule has 0 heterocycles. The molecule has 0 radical (unpaired) electrons. The van der Waals surface area contributed by atoms with Gasteiger partial charge in [0, 0.05) is 37.0 Å². The minimum atomic E-state index is -1.91. The summed E-state index contributed by atoms with van der Waals surface area (Å²) in [5.74, 6) is -2.90. The number of ether oxygens (including phenoxy) is 3. The van der Waals surface area contributed by atoms with Crippen LogP contribution < -0.4 is 0 Å². The summed E-state index contributed by atoms with van der Waals surface area (Å²) in [6, 6.07) is 8.32. The highest BCUT2D eigenvalue weighted by molar-refractivity contribution is 5.89. The van der Waals surface area contributed by atoms with Gasteiger partial charge in [-0.2, -0.15) is 0 Å². The molecule has 40 heavy (non-hydrogen) atoms. The molecule has 3 aliphatic carbocycles. The Morgan fingerprint density at radius 2 is 1.52 bits per heavy atom. The van der Waals surface area contributed by atoms with Crippen molar-refractivity contribution in [2.24, 2.45) is 16.7 Å². The van der Waals surface area contributed by atoms with Crippen molar-refractivity contribution in [1.82, 2.24) is 0 Å². The average molecular weight is 557 g/mol. The van der Waals surface area contributed by atoms with Crippen molar-refractivity contribution in [2.75, 3.05) is 0 Å². The quantitative estimate of drug-likeness (QED) is 0.290. The maximum atomic E-state index is 13.6. The molecule has 0 unspecified atom stereocenters. The molecule has 0 aromatic heterocycles. The number of hydrogen-bond acceptors (Lipinski definition) is 9. The number of rotatable bonds is 4. The van der Waals surface area contributed by atoms with Crippen molar-refractivity contribution >= 4 is 17.9 Å². The van der Waals surface area contributed by atoms with Crippen molar-refractivity contribution in [1.29, 1.82) is 0 Å². The van der Waals surface area contributed by atoms with Crippen LogP contribution in [-0.2, 0) is 23.8 Å². The van der Waals surface area contributed by atoms with E-state index in [1.807, 2.05) is 6.92 Å². The molecule has 2 bridgehead atoms. The lowest BCUT2D eigenvalue weighted by Gasteiger charge is -2.62. The largest absolute Gasteiger partial charge is 0.458 e. The molecule has 2 saturated carbocycles. The summed E-state index contributed by atoms with van der Waals surface area (Å²) in [5, 5.41) is 35.0. The molecule has 4 rings (SSSR count). The van der Waals surface area contributed by atoms with E-state index in [4.69, 9.17) is 14.2 Å². The molecule has 3 N–H and O–H groups in total. The Labute approximate surface area is 234 Å². The van der Waals surface area contributed by atoms with E-state index in [1.54, 1.807) is 51.1 Å². The van der Waals surface area contributed by atoms with Gasteiger partial charge in [-0.15, -0.1) is 0 Å². The molecule has 0 amide bonds. The van der Waals surface area contributed by atoms with Crippen molar-refractivity contribution in [3.05, 3.63) is 59.2 Å². The molecule has 3 aliphatic rings. The topological polar surface area (TPSA) is 140 Å². The maximum Gasteiger partial charge on any atom is 0.338 e. The molecule has 0 saturated heterocycles. The standard InChI is InChI=1S/C31H40O9/c1-16-21(34)13-14-30(7)24(16)26(40-28(36)20-11-9-8-10-12-20)31(37)15-22(35)17(2)23(29(31,5)6)25(38-18(3)32)27(30)39-19(4)33/h8-12,21-22,24-27,34-35,37H,1,13-15H2,2-7H3/t21-,22-,24-,25+,26-,27-,30-,31+/m0/s1. The number of fused-ring (bicyclic) bond motifs is 3. The lowest BCUT2D eigenvalue weighted by molar-refractivity contribution is -0.233. The van der Waals surface area contributed by atoms with Gasteiger partial charge in [0.25, 0.3) is 0 Å². The van der Waals surface area contributed by atoms with Gasteiger partial charge in [0.2, 0.25) is 0 Å². The summed E-state index contributed by atoms with van der Waals surface area (Å²) in [7, 11) is 0. The van der Waals surface area contributed by atoms with Crippen molar-refractivity contribution in [3.63, 3.8) is 0 Å². The monoisotopic (exact) mass is 556 g/mol. The third kappa shape index (κ3) is 4.67. The molecule has 0 spiro atoms. The highest BCUT2D eigenvalue weighted by Crippen LogP contribution is 2.62. The Hall–Kier alpha value is -3.01. The summed E-state index contributed by atoms with van der Waals surface area (Å²) in [6.07, 6.45) is -5.43. The Balaban J connectivity index is 2.05. The SMILES string of the molecule is C=C1[C@@H](O)CC[C@]2(C)[C@@H](OC(C)=O)[C@H](OC(C)=O)C3=C(C)[C@@H](O)C[C@@](O)([C@@H](OC(=O)c4ccccc4)[C@H]12)C3(C)C. The van der Waals surface area contributed by atoms with E-state index in [1.165, 1.54) is 13.8 Å². The van der Waals surface area contributed by atoms with Crippen LogP contribution in [0, 0.1) is 16.7 Å². The van der Waals surface area contributed by atoms with E-state index < -0.39 is 70.8 Å². The summed E-state index contributed by atoms with van der Waals surface area (Å²) in [5.41, 5.74) is -2.85. The van der Waals surface area contributed by atoms with Gasteiger partial charge < -0.3 is 29.5 Å². The number of aliphatic hydroxyl groups excluding tert-OH is 2. The Bertz CT molecular complexity index is 1230. The fourth-order valence-electron chi connectivity index (χ4n) is 7.31. The third-order valence-electron chi connectivity index (χ3n) is 9.49. The predicted molar refractivity (Wildman–Crippen MR) is 145 cm³/mol. The average Bonchev–Trinajstić information content (AvgIpc) is 2.87. The summed E-state index contributed by atoms with van der Waals surface area (Å²) >= 11 is 0. The molecular formula is C31H40O9. The van der Waals surface area contributed by atoms with Gasteiger partial charge in [-0.05, 0) is 48.6 Å². The number of hydrogen-bond donors (Lipinski definition) is 3. The van der Waals surface area contributed by atoms with Gasteiger partial charge in [0.05, 0.1) is 17.8 Å². The van der Waals surface area contributed by atoms with Crippen molar-refractivity contribution < 1.29 is 43.9 Å². The number of aliphatic hydroxyl groups is 3. The van der Waals surface area contributed by atoms with Crippen LogP contribution in [0.2, 0.25) is 0 Å². The van der Waals surface area contributed by atoms with E-state index in [2.05, 4.69) is 6.58 Å². The zero-order valence-corrected chi connectivity index (χ0v) is 24.0. The molecule has 218 valence electrons. The Morgan fingerprint density at radius 3 is 2.10 bits per heavy atom. The zero-order chi connectivity index (χ0) is 29.8. The first kappa shape index (κ1) is 30.0. The summed E-state index contributed by atoms with van der Waals surface area (Å²) in [4.78, 5) is 38.6. The fourth-order valence-corrected chi connectivity index (χ4v) is 7.31. The van der Waals surface area contributed by atoms with Crippen LogP contribution in [0.25, 0.3) is 0 Å². The predicted octanol–water partition coefficient (Wildman–Crippen LogP) is 3.26. The van der Waals surface area contributed by atoms with Gasteiger partial charge in [0.1, 0.15) is 17.8 Å². The van der Waals surface area contributed by atoms with Crippen LogP contribution in [0.3, 0.4) is 0 Å². The first-order valence-electron chi connectivity index (χ1n) is 13.6. The molecule has 1 aromatic rings. The molecule has 0 aliphatic heterocycles. The van der Waals surface area contributed by atoms with Crippen LogP contribution >= 0.6 is 0 Å². The molecular weight excluding hydrogens is 516 g/mol. The van der Waals surface area contributed by atoms with E-state index >= 15 is 0 Å². The smallest absolute Gasteiger partial charge is 0.338 e. The fraction of sp³-hybridized carbons (Fsp3) is 0.581. The van der Waals surface area contributed by atoms with Crippen molar-refractivity contribution in [3.8, 4) is 0 Å². The van der Waals surface area contributed by atoms with Crippen LogP contribution in [0.4, 0.5) is 0 Å². The number of benzene rings is 1. The molecule has 9 heteroatoms. The van der Waals surface area contributed by atoms with E-state index in [-0.39, 0.29) is 24.8 Å². The first-order chi connectivity index (χ1) is 18.6. The van der Waals surface area contributed by atoms with E-state index in [0.717, 1.165) is 0 Å². The van der Waals surface area contributed by atoms with E-state index in [9.17, 15) is 29.7 Å². The van der Waals surface area contributed by atoms with Crippen LogP contribution in [0.1, 0.15) is 71.2 Å². The van der Waals surface area contributed by atoms with Gasteiger partial charge in [-0.3, -0.25) is 9.59 Å². The van der Waals surface area contributed by atoms with Gasteiger partial charge in [-0.1, -0.05) is 45.5 Å². The van der Waals surface area contributed by atoms with Crippen LogP contribution in [-0.4, -0.2) is 69.3 Å². The number of esters is 3. The van der Waals surface area contributed by atoms with Gasteiger partial charge >= 0.3 is 17.9 Å². The summed E-state index contributed by atoms with van der Waals surface area (Å²) < 4.78 is 18.1. The van der Waals surface area contributed by atoms with E-state index in [0.29, 0.717) is 16.7 Å². The maximum absolute atomic E-state index is 13.6.